The monoisotopic (exact) mass is 443 g/mol. The normalized spacial score (nSPS) is 12.0. The van der Waals surface area contributed by atoms with E-state index in [4.69, 9.17) is 0 Å². The Kier molecular flexibility index (Phi) is 7.41. The summed E-state index contributed by atoms with van der Waals surface area (Å²) in [6.07, 6.45) is 5.59. The van der Waals surface area contributed by atoms with E-state index in [0.717, 1.165) is 18.4 Å². The molecule has 0 atom stereocenters. The molecule has 0 amide bonds. The van der Waals surface area contributed by atoms with E-state index < -0.39 is 15.7 Å². The SMILES string of the molecule is CN=C(NCCc1ccc(-n2cccn2)cc1)NCc1cc(F)ccc1CS(C)(=O)=O. The maximum Gasteiger partial charge on any atom is 0.191 e. The summed E-state index contributed by atoms with van der Waals surface area (Å²) in [6.45, 7) is 0.918. The zero-order chi connectivity index (χ0) is 22.3. The van der Waals surface area contributed by atoms with Crippen LogP contribution >= 0.6 is 0 Å². The lowest BCUT2D eigenvalue weighted by Gasteiger charge is -2.14. The van der Waals surface area contributed by atoms with E-state index >= 15 is 0 Å². The topological polar surface area (TPSA) is 88.4 Å². The number of nitrogens with zero attached hydrogens (tertiary/aromatic N) is 3. The van der Waals surface area contributed by atoms with Gasteiger partial charge in [-0.15, -0.1) is 0 Å². The van der Waals surface area contributed by atoms with Crippen LogP contribution in [0.15, 0.2) is 65.9 Å². The second-order valence-electron chi connectivity index (χ2n) is 7.20. The van der Waals surface area contributed by atoms with Crippen molar-refractivity contribution in [1.82, 2.24) is 20.4 Å². The van der Waals surface area contributed by atoms with E-state index in [9.17, 15) is 12.8 Å². The van der Waals surface area contributed by atoms with E-state index in [-0.39, 0.29) is 12.3 Å². The van der Waals surface area contributed by atoms with Crippen molar-refractivity contribution in [3.05, 3.63) is 83.4 Å². The number of benzene rings is 2. The van der Waals surface area contributed by atoms with Crippen molar-refractivity contribution >= 4 is 15.8 Å². The van der Waals surface area contributed by atoms with Crippen LogP contribution in [0.4, 0.5) is 4.39 Å². The standard InChI is InChI=1S/C22H26FN5O2S/c1-24-22(26-15-19-14-20(23)7-6-18(19)16-31(2,29)30)25-12-10-17-4-8-21(9-5-17)28-13-3-11-27-28/h3-9,11,13-14H,10,12,15-16H2,1-2H3,(H2,24,25,26). The first kappa shape index (κ1) is 22.5. The predicted octanol–water partition coefficient (Wildman–Crippen LogP) is 2.46. The fourth-order valence-corrected chi connectivity index (χ4v) is 3.99. The first-order chi connectivity index (χ1) is 14.8. The van der Waals surface area contributed by atoms with Crippen molar-refractivity contribution in [2.75, 3.05) is 19.8 Å². The van der Waals surface area contributed by atoms with Gasteiger partial charge in [-0.1, -0.05) is 18.2 Å². The molecule has 164 valence electrons. The average molecular weight is 444 g/mol. The Bertz CT molecular complexity index is 1130. The van der Waals surface area contributed by atoms with Gasteiger partial charge in [-0.3, -0.25) is 4.99 Å². The van der Waals surface area contributed by atoms with Crippen LogP contribution in [0.3, 0.4) is 0 Å². The molecule has 31 heavy (non-hydrogen) atoms. The van der Waals surface area contributed by atoms with Gasteiger partial charge in [0, 0.05) is 38.8 Å². The zero-order valence-electron chi connectivity index (χ0n) is 17.5. The van der Waals surface area contributed by atoms with Crippen molar-refractivity contribution in [1.29, 1.82) is 0 Å². The number of guanidine groups is 1. The van der Waals surface area contributed by atoms with Crippen molar-refractivity contribution in [3.63, 3.8) is 0 Å². The molecule has 0 radical (unpaired) electrons. The molecule has 1 heterocycles. The van der Waals surface area contributed by atoms with Gasteiger partial charge in [-0.2, -0.15) is 5.10 Å². The summed E-state index contributed by atoms with van der Waals surface area (Å²) in [5, 5.41) is 10.6. The van der Waals surface area contributed by atoms with Crippen molar-refractivity contribution in [2.45, 2.75) is 18.7 Å². The number of aliphatic imine (C=N–C) groups is 1. The number of halogens is 1. The highest BCUT2D eigenvalue weighted by molar-refractivity contribution is 7.89. The summed E-state index contributed by atoms with van der Waals surface area (Å²) in [4.78, 5) is 4.18. The average Bonchev–Trinajstić information content (AvgIpc) is 3.27. The fraction of sp³-hybridized carbons (Fsp3) is 0.273. The minimum absolute atomic E-state index is 0.134. The van der Waals surface area contributed by atoms with Crippen LogP contribution in [0.1, 0.15) is 16.7 Å². The maximum atomic E-state index is 13.7. The number of sulfone groups is 1. The van der Waals surface area contributed by atoms with Gasteiger partial charge >= 0.3 is 0 Å². The number of hydrogen-bond acceptors (Lipinski definition) is 4. The molecule has 7 nitrogen and oxygen atoms in total. The highest BCUT2D eigenvalue weighted by Crippen LogP contribution is 2.14. The van der Waals surface area contributed by atoms with Crippen LogP contribution in [-0.2, 0) is 28.6 Å². The Hall–Kier alpha value is -3.20. The van der Waals surface area contributed by atoms with Gasteiger partial charge in [-0.05, 0) is 53.4 Å². The quantitative estimate of drug-likeness (QED) is 0.413. The lowest BCUT2D eigenvalue weighted by Crippen LogP contribution is -2.38. The lowest BCUT2D eigenvalue weighted by molar-refractivity contribution is 0.599. The van der Waals surface area contributed by atoms with E-state index in [1.165, 1.54) is 23.8 Å². The molecule has 3 aromatic rings. The van der Waals surface area contributed by atoms with Gasteiger partial charge in [0.05, 0.1) is 11.4 Å². The molecule has 0 saturated carbocycles. The van der Waals surface area contributed by atoms with Gasteiger partial charge in [0.2, 0.25) is 0 Å². The summed E-state index contributed by atoms with van der Waals surface area (Å²) in [6, 6.07) is 14.2. The Morgan fingerprint density at radius 2 is 1.90 bits per heavy atom. The van der Waals surface area contributed by atoms with Gasteiger partial charge in [0.15, 0.2) is 15.8 Å². The minimum atomic E-state index is -3.22. The van der Waals surface area contributed by atoms with E-state index in [1.807, 2.05) is 24.4 Å². The zero-order valence-corrected chi connectivity index (χ0v) is 18.4. The second-order valence-corrected chi connectivity index (χ2v) is 9.34. The third-order valence-electron chi connectivity index (χ3n) is 4.67. The Balaban J connectivity index is 1.53. The molecule has 0 saturated heterocycles. The van der Waals surface area contributed by atoms with Crippen molar-refractivity contribution in [3.8, 4) is 5.69 Å². The van der Waals surface area contributed by atoms with Crippen LogP contribution < -0.4 is 10.6 Å². The fourth-order valence-electron chi connectivity index (χ4n) is 3.14. The van der Waals surface area contributed by atoms with Crippen LogP contribution in [0.2, 0.25) is 0 Å². The number of rotatable bonds is 8. The van der Waals surface area contributed by atoms with E-state index in [2.05, 4.69) is 32.9 Å². The summed E-state index contributed by atoms with van der Waals surface area (Å²) >= 11 is 0. The molecule has 0 aliphatic heterocycles. The smallest absolute Gasteiger partial charge is 0.191 e. The molecule has 1 aromatic heterocycles. The summed E-state index contributed by atoms with van der Waals surface area (Å²) in [7, 11) is -1.57. The number of nitrogens with one attached hydrogen (secondary N) is 2. The molecule has 2 N–H and O–H groups in total. The molecule has 0 bridgehead atoms. The molecule has 0 fully saturated rings. The van der Waals surface area contributed by atoms with Crippen molar-refractivity contribution in [2.24, 2.45) is 4.99 Å². The first-order valence-corrected chi connectivity index (χ1v) is 11.9. The highest BCUT2D eigenvalue weighted by atomic mass is 32.2. The summed E-state index contributed by atoms with van der Waals surface area (Å²) in [5.74, 6) is 0.0171. The number of hydrogen-bond donors (Lipinski definition) is 2. The Labute approximate surface area is 181 Å². The van der Waals surface area contributed by atoms with Gasteiger partial charge in [0.1, 0.15) is 5.82 Å². The minimum Gasteiger partial charge on any atom is -0.356 e. The third kappa shape index (κ3) is 6.92. The Morgan fingerprint density at radius 3 is 2.55 bits per heavy atom. The Morgan fingerprint density at radius 1 is 1.13 bits per heavy atom. The molecular formula is C22H26FN5O2S. The highest BCUT2D eigenvalue weighted by Gasteiger charge is 2.11. The predicted molar refractivity (Wildman–Crippen MR) is 120 cm³/mol. The molecule has 3 rings (SSSR count). The van der Waals surface area contributed by atoms with Crippen LogP contribution in [0, 0.1) is 5.82 Å². The largest absolute Gasteiger partial charge is 0.356 e. The van der Waals surface area contributed by atoms with Gasteiger partial charge in [0.25, 0.3) is 0 Å². The lowest BCUT2D eigenvalue weighted by atomic mass is 10.1. The molecule has 9 heteroatoms. The maximum absolute atomic E-state index is 13.7. The van der Waals surface area contributed by atoms with E-state index in [0.29, 0.717) is 23.6 Å². The molecular weight excluding hydrogens is 417 g/mol. The van der Waals surface area contributed by atoms with Crippen LogP contribution in [0.25, 0.3) is 5.69 Å². The first-order valence-electron chi connectivity index (χ1n) is 9.82. The summed E-state index contributed by atoms with van der Waals surface area (Å²) in [5.41, 5.74) is 3.32. The second kappa shape index (κ2) is 10.2. The molecule has 0 aliphatic rings. The number of aromatic nitrogens is 2. The molecule has 2 aromatic carbocycles. The summed E-state index contributed by atoms with van der Waals surface area (Å²) < 4.78 is 38.8. The van der Waals surface area contributed by atoms with Crippen LogP contribution in [0.5, 0.6) is 0 Å². The molecule has 0 unspecified atom stereocenters. The molecule has 0 spiro atoms. The van der Waals surface area contributed by atoms with Crippen LogP contribution in [-0.4, -0.2) is 44.0 Å². The van der Waals surface area contributed by atoms with Crippen molar-refractivity contribution < 1.29 is 12.8 Å². The molecule has 0 aliphatic carbocycles. The van der Waals surface area contributed by atoms with E-state index in [1.54, 1.807) is 17.9 Å². The van der Waals surface area contributed by atoms with Gasteiger partial charge < -0.3 is 10.6 Å². The third-order valence-corrected chi connectivity index (χ3v) is 5.50. The van der Waals surface area contributed by atoms with Gasteiger partial charge in [-0.25, -0.2) is 17.5 Å².